The molecule has 28 heavy (non-hydrogen) atoms. The van der Waals surface area contributed by atoms with Crippen LogP contribution < -0.4 is 5.32 Å². The van der Waals surface area contributed by atoms with Gasteiger partial charge in [0, 0.05) is 12.1 Å². The summed E-state index contributed by atoms with van der Waals surface area (Å²) in [7, 11) is 0. The first-order valence-corrected chi connectivity index (χ1v) is 9.12. The summed E-state index contributed by atoms with van der Waals surface area (Å²) in [6.45, 7) is 2.67. The average molecular weight is 373 g/mol. The van der Waals surface area contributed by atoms with Crippen LogP contribution in [0.1, 0.15) is 28.6 Å². The monoisotopic (exact) mass is 373 g/mol. The van der Waals surface area contributed by atoms with Gasteiger partial charge < -0.3 is 4.42 Å². The van der Waals surface area contributed by atoms with E-state index in [4.69, 9.17) is 4.42 Å². The molecule has 0 amide bonds. The molecule has 0 saturated heterocycles. The number of hydrogen-bond acceptors (Lipinski definition) is 4. The van der Waals surface area contributed by atoms with Crippen LogP contribution in [0, 0.1) is 12.7 Å². The van der Waals surface area contributed by atoms with Crippen LogP contribution in [0.2, 0.25) is 0 Å². The van der Waals surface area contributed by atoms with Crippen LogP contribution >= 0.6 is 0 Å². The van der Waals surface area contributed by atoms with Crippen molar-refractivity contribution in [2.24, 2.45) is 0 Å². The fourth-order valence-electron chi connectivity index (χ4n) is 2.98. The molecule has 4 nitrogen and oxygen atoms in total. The molecule has 0 spiro atoms. The summed E-state index contributed by atoms with van der Waals surface area (Å²) >= 11 is 0. The van der Waals surface area contributed by atoms with Crippen molar-refractivity contribution >= 4 is 0 Å². The Morgan fingerprint density at radius 1 is 0.893 bits per heavy atom. The summed E-state index contributed by atoms with van der Waals surface area (Å²) in [6, 6.07) is 23.9. The second kappa shape index (κ2) is 8.15. The molecule has 4 rings (SSSR count). The number of halogens is 1. The van der Waals surface area contributed by atoms with E-state index in [9.17, 15) is 4.39 Å². The summed E-state index contributed by atoms with van der Waals surface area (Å²) < 4.78 is 19.3. The van der Waals surface area contributed by atoms with Crippen molar-refractivity contribution in [1.82, 2.24) is 15.5 Å². The number of aryl methyl sites for hydroxylation is 1. The molecule has 4 aromatic rings. The zero-order valence-corrected chi connectivity index (χ0v) is 15.5. The summed E-state index contributed by atoms with van der Waals surface area (Å²) in [5, 5.41) is 11.9. The van der Waals surface area contributed by atoms with Gasteiger partial charge in [-0.05, 0) is 42.3 Å². The number of aromatic nitrogens is 2. The Kier molecular flexibility index (Phi) is 5.26. The molecule has 0 aliphatic heterocycles. The van der Waals surface area contributed by atoms with E-state index >= 15 is 0 Å². The maximum absolute atomic E-state index is 13.4. The Hall–Kier alpha value is -3.31. The van der Waals surface area contributed by atoms with Crippen LogP contribution in [0.15, 0.2) is 83.3 Å². The second-order valence-electron chi connectivity index (χ2n) is 6.66. The summed E-state index contributed by atoms with van der Waals surface area (Å²) in [6.07, 6.45) is 0. The highest BCUT2D eigenvalue weighted by Gasteiger charge is 2.21. The first kappa shape index (κ1) is 18.1. The first-order valence-electron chi connectivity index (χ1n) is 9.12. The van der Waals surface area contributed by atoms with E-state index in [-0.39, 0.29) is 11.9 Å². The highest BCUT2D eigenvalue weighted by molar-refractivity contribution is 5.51. The van der Waals surface area contributed by atoms with Gasteiger partial charge in [0.25, 0.3) is 0 Å². The number of nitrogens with zero attached hydrogens (tertiary/aromatic N) is 2. The molecule has 1 atom stereocenters. The maximum Gasteiger partial charge on any atom is 0.247 e. The Labute approximate surface area is 163 Å². The quantitative estimate of drug-likeness (QED) is 0.513. The van der Waals surface area contributed by atoms with Crippen LogP contribution in [0.5, 0.6) is 0 Å². The second-order valence-corrected chi connectivity index (χ2v) is 6.66. The van der Waals surface area contributed by atoms with Gasteiger partial charge in [-0.25, -0.2) is 4.39 Å². The third kappa shape index (κ3) is 4.15. The topological polar surface area (TPSA) is 51.0 Å². The van der Waals surface area contributed by atoms with Crippen LogP contribution in [0.3, 0.4) is 0 Å². The smallest absolute Gasteiger partial charge is 0.247 e. The van der Waals surface area contributed by atoms with Gasteiger partial charge in [0.1, 0.15) is 11.9 Å². The summed E-state index contributed by atoms with van der Waals surface area (Å²) in [4.78, 5) is 0. The lowest BCUT2D eigenvalue weighted by Crippen LogP contribution is -2.22. The van der Waals surface area contributed by atoms with E-state index in [1.165, 1.54) is 17.7 Å². The molecule has 1 heterocycles. The molecule has 1 N–H and O–H groups in total. The molecule has 0 fully saturated rings. The van der Waals surface area contributed by atoms with Gasteiger partial charge in [-0.15, -0.1) is 10.2 Å². The van der Waals surface area contributed by atoms with Crippen molar-refractivity contribution in [3.05, 3.63) is 107 Å². The minimum atomic E-state index is -0.341. The minimum absolute atomic E-state index is 0.281. The molecule has 0 saturated carbocycles. The van der Waals surface area contributed by atoms with E-state index in [0.29, 0.717) is 18.3 Å². The lowest BCUT2D eigenvalue weighted by Gasteiger charge is -2.16. The van der Waals surface area contributed by atoms with Gasteiger partial charge in [0.15, 0.2) is 0 Å². The highest BCUT2D eigenvalue weighted by atomic mass is 19.1. The molecule has 3 aromatic carbocycles. The van der Waals surface area contributed by atoms with E-state index in [1.54, 1.807) is 12.1 Å². The highest BCUT2D eigenvalue weighted by Crippen LogP contribution is 2.25. The molecule has 0 bridgehead atoms. The minimum Gasteiger partial charge on any atom is -0.419 e. The molecule has 0 radical (unpaired) electrons. The largest absolute Gasteiger partial charge is 0.419 e. The van der Waals surface area contributed by atoms with Crippen LogP contribution in [0.4, 0.5) is 4.39 Å². The van der Waals surface area contributed by atoms with Crippen molar-refractivity contribution in [2.75, 3.05) is 0 Å². The normalized spacial score (nSPS) is 12.1. The zero-order chi connectivity index (χ0) is 19.3. The molecular weight excluding hydrogens is 353 g/mol. The molecule has 0 aliphatic rings. The average Bonchev–Trinajstić information content (AvgIpc) is 3.21. The lowest BCUT2D eigenvalue weighted by molar-refractivity contribution is 0.437. The van der Waals surface area contributed by atoms with Gasteiger partial charge >= 0.3 is 0 Å². The third-order valence-corrected chi connectivity index (χ3v) is 4.54. The lowest BCUT2D eigenvalue weighted by atomic mass is 10.1. The van der Waals surface area contributed by atoms with Crippen molar-refractivity contribution < 1.29 is 8.81 Å². The third-order valence-electron chi connectivity index (χ3n) is 4.54. The summed E-state index contributed by atoms with van der Waals surface area (Å²) in [5.74, 6) is 0.619. The number of nitrogens with one attached hydrogen (secondary N) is 1. The van der Waals surface area contributed by atoms with Crippen molar-refractivity contribution in [2.45, 2.75) is 19.5 Å². The number of benzene rings is 3. The van der Waals surface area contributed by atoms with Gasteiger partial charge in [-0.1, -0.05) is 60.2 Å². The molecular formula is C23H20FN3O. The Morgan fingerprint density at radius 2 is 1.61 bits per heavy atom. The SMILES string of the molecule is Cc1ccc(CN[C@@H](c2ccc(F)cc2)c2nnc(-c3ccccc3)o2)cc1. The van der Waals surface area contributed by atoms with Crippen LogP contribution in [-0.4, -0.2) is 10.2 Å². The van der Waals surface area contributed by atoms with Gasteiger partial charge in [-0.2, -0.15) is 0 Å². The molecule has 0 unspecified atom stereocenters. The van der Waals surface area contributed by atoms with E-state index in [2.05, 4.69) is 46.7 Å². The Bertz CT molecular complexity index is 1030. The van der Waals surface area contributed by atoms with Crippen LogP contribution in [-0.2, 0) is 6.54 Å². The number of rotatable bonds is 6. The number of hydrogen-bond donors (Lipinski definition) is 1. The predicted octanol–water partition coefficient (Wildman–Crippen LogP) is 5.06. The Balaban J connectivity index is 1.62. The first-order chi connectivity index (χ1) is 13.7. The fraction of sp³-hybridized carbons (Fsp3) is 0.130. The van der Waals surface area contributed by atoms with Gasteiger partial charge in [-0.3, -0.25) is 5.32 Å². The maximum atomic E-state index is 13.4. The van der Waals surface area contributed by atoms with Crippen molar-refractivity contribution in [3.8, 4) is 11.5 Å². The predicted molar refractivity (Wildman–Crippen MR) is 106 cm³/mol. The molecule has 1 aromatic heterocycles. The van der Waals surface area contributed by atoms with Crippen molar-refractivity contribution in [1.29, 1.82) is 0 Å². The molecule has 140 valence electrons. The zero-order valence-electron chi connectivity index (χ0n) is 15.5. The molecule has 0 aliphatic carbocycles. The van der Waals surface area contributed by atoms with Crippen molar-refractivity contribution in [3.63, 3.8) is 0 Å². The van der Waals surface area contributed by atoms with Gasteiger partial charge in [0.2, 0.25) is 11.8 Å². The molecule has 5 heteroatoms. The Morgan fingerprint density at radius 3 is 2.32 bits per heavy atom. The fourth-order valence-corrected chi connectivity index (χ4v) is 2.98. The van der Waals surface area contributed by atoms with E-state index in [1.807, 2.05) is 30.3 Å². The summed E-state index contributed by atoms with van der Waals surface area (Å²) in [5.41, 5.74) is 4.07. The van der Waals surface area contributed by atoms with Gasteiger partial charge in [0.05, 0.1) is 0 Å². The van der Waals surface area contributed by atoms with E-state index < -0.39 is 0 Å². The van der Waals surface area contributed by atoms with E-state index in [0.717, 1.165) is 16.7 Å². The standard InChI is InChI=1S/C23H20FN3O/c1-16-7-9-17(10-8-16)15-25-21(18-11-13-20(24)14-12-18)23-27-26-22(28-23)19-5-3-2-4-6-19/h2-14,21,25H,15H2,1H3/t21-/m0/s1. The van der Waals surface area contributed by atoms with Crippen LogP contribution in [0.25, 0.3) is 11.5 Å².